The Morgan fingerprint density at radius 2 is 1.57 bits per heavy atom. The largest absolute Gasteiger partial charge is 0.493 e. The summed E-state index contributed by atoms with van der Waals surface area (Å²) in [5.41, 5.74) is 3.86. The van der Waals surface area contributed by atoms with Gasteiger partial charge in [-0.25, -0.2) is 9.69 Å². The molecule has 0 radical (unpaired) electrons. The van der Waals surface area contributed by atoms with Crippen molar-refractivity contribution in [3.63, 3.8) is 0 Å². The molecule has 4 rings (SSSR count). The van der Waals surface area contributed by atoms with E-state index < -0.39 is 17.8 Å². The number of imide groups is 2. The molecule has 0 bridgehead atoms. The van der Waals surface area contributed by atoms with Crippen LogP contribution in [0, 0.1) is 13.8 Å². The van der Waals surface area contributed by atoms with Crippen LogP contribution in [-0.4, -0.2) is 25.0 Å². The number of benzene rings is 3. The van der Waals surface area contributed by atoms with Gasteiger partial charge in [0.1, 0.15) is 12.2 Å². The number of urea groups is 1. The third-order valence-corrected chi connectivity index (χ3v) is 6.05. The Morgan fingerprint density at radius 3 is 2.20 bits per heavy atom. The summed E-state index contributed by atoms with van der Waals surface area (Å²) in [5, 5.41) is 2.23. The fraction of sp³-hybridized carbons (Fsp3) is 0.148. The average Bonchev–Trinajstić information content (AvgIpc) is 2.83. The number of carbonyl (C=O) groups excluding carboxylic acids is 3. The number of ether oxygens (including phenoxy) is 2. The lowest BCUT2D eigenvalue weighted by molar-refractivity contribution is -0.122. The number of hydrogen-bond donors (Lipinski definition) is 1. The predicted molar refractivity (Wildman–Crippen MR) is 136 cm³/mol. The summed E-state index contributed by atoms with van der Waals surface area (Å²) in [6.07, 6.45) is 1.42. The Kier molecular flexibility index (Phi) is 7.02. The van der Waals surface area contributed by atoms with Gasteiger partial charge >= 0.3 is 6.03 Å². The van der Waals surface area contributed by atoms with Crippen molar-refractivity contribution in [1.29, 1.82) is 0 Å². The molecule has 1 aliphatic rings. The first kappa shape index (κ1) is 24.2. The van der Waals surface area contributed by atoms with Crippen molar-refractivity contribution in [3.8, 4) is 11.5 Å². The molecule has 1 aliphatic heterocycles. The minimum atomic E-state index is -0.792. The highest BCUT2D eigenvalue weighted by molar-refractivity contribution is 9.10. The highest BCUT2D eigenvalue weighted by Gasteiger charge is 2.36. The molecule has 1 saturated heterocycles. The van der Waals surface area contributed by atoms with Crippen LogP contribution in [-0.2, 0) is 16.2 Å². The van der Waals surface area contributed by atoms with Gasteiger partial charge in [0.25, 0.3) is 11.8 Å². The summed E-state index contributed by atoms with van der Waals surface area (Å²) in [7, 11) is 1.51. The summed E-state index contributed by atoms with van der Waals surface area (Å²) >= 11 is 3.50. The van der Waals surface area contributed by atoms with Crippen LogP contribution >= 0.6 is 15.9 Å². The molecule has 1 fully saturated rings. The van der Waals surface area contributed by atoms with E-state index >= 15 is 0 Å². The van der Waals surface area contributed by atoms with Crippen molar-refractivity contribution in [3.05, 3.63) is 93.0 Å². The number of methoxy groups -OCH3 is 1. The number of aryl methyl sites for hydroxylation is 2. The molecule has 0 unspecified atom stereocenters. The standard InChI is InChI=1S/C27H23BrN2O5/c1-16-4-8-18(9-5-16)15-35-24-22(28)13-19(14-23(24)34-3)12-21-25(31)29-27(33)30(26(21)32)20-10-6-17(2)7-11-20/h4-14H,15H2,1-3H3,(H,29,31,33)/b21-12+. The van der Waals surface area contributed by atoms with Gasteiger partial charge in [-0.1, -0.05) is 47.5 Å². The van der Waals surface area contributed by atoms with Gasteiger partial charge < -0.3 is 9.47 Å². The maximum Gasteiger partial charge on any atom is 0.335 e. The van der Waals surface area contributed by atoms with E-state index in [0.717, 1.165) is 21.6 Å². The van der Waals surface area contributed by atoms with Gasteiger partial charge in [-0.05, 0) is 71.2 Å². The van der Waals surface area contributed by atoms with E-state index in [1.165, 1.54) is 13.2 Å². The Hall–Kier alpha value is -3.91. The minimum absolute atomic E-state index is 0.174. The number of nitrogens with zero attached hydrogens (tertiary/aromatic N) is 1. The molecule has 35 heavy (non-hydrogen) atoms. The Morgan fingerprint density at radius 1 is 0.943 bits per heavy atom. The average molecular weight is 535 g/mol. The zero-order chi connectivity index (χ0) is 25.1. The lowest BCUT2D eigenvalue weighted by Crippen LogP contribution is -2.54. The normalized spacial score (nSPS) is 14.8. The van der Waals surface area contributed by atoms with Crippen LogP contribution in [0.15, 0.2) is 70.7 Å². The number of rotatable bonds is 6. The zero-order valence-electron chi connectivity index (χ0n) is 19.4. The maximum atomic E-state index is 13.1. The van der Waals surface area contributed by atoms with E-state index in [-0.39, 0.29) is 5.57 Å². The molecule has 3 aromatic carbocycles. The van der Waals surface area contributed by atoms with Crippen molar-refractivity contribution < 1.29 is 23.9 Å². The van der Waals surface area contributed by atoms with Crippen LogP contribution in [0.5, 0.6) is 11.5 Å². The zero-order valence-corrected chi connectivity index (χ0v) is 21.0. The molecular weight excluding hydrogens is 512 g/mol. The van der Waals surface area contributed by atoms with Crippen molar-refractivity contribution in [2.75, 3.05) is 12.0 Å². The van der Waals surface area contributed by atoms with Crippen LogP contribution in [0.3, 0.4) is 0 Å². The molecular formula is C27H23BrN2O5. The second-order valence-electron chi connectivity index (χ2n) is 8.10. The molecule has 1 heterocycles. The number of anilines is 1. The first-order valence-electron chi connectivity index (χ1n) is 10.8. The van der Waals surface area contributed by atoms with Gasteiger partial charge in [0.2, 0.25) is 0 Å². The number of halogens is 1. The van der Waals surface area contributed by atoms with Crippen LogP contribution in [0.25, 0.3) is 6.08 Å². The summed E-state index contributed by atoms with van der Waals surface area (Å²) in [6.45, 7) is 4.26. The first-order chi connectivity index (χ1) is 16.8. The topological polar surface area (TPSA) is 84.9 Å². The fourth-order valence-corrected chi connectivity index (χ4v) is 4.13. The molecule has 1 N–H and O–H groups in total. The van der Waals surface area contributed by atoms with Crippen LogP contribution < -0.4 is 19.7 Å². The van der Waals surface area contributed by atoms with Crippen molar-refractivity contribution in [1.82, 2.24) is 5.32 Å². The molecule has 8 heteroatoms. The molecule has 0 saturated carbocycles. The van der Waals surface area contributed by atoms with Gasteiger partial charge in [-0.2, -0.15) is 0 Å². The maximum absolute atomic E-state index is 13.1. The second-order valence-corrected chi connectivity index (χ2v) is 8.96. The van der Waals surface area contributed by atoms with Gasteiger partial charge in [0, 0.05) is 0 Å². The smallest absolute Gasteiger partial charge is 0.335 e. The number of nitrogens with one attached hydrogen (secondary N) is 1. The second kappa shape index (κ2) is 10.1. The van der Waals surface area contributed by atoms with Gasteiger partial charge in [-0.3, -0.25) is 14.9 Å². The monoisotopic (exact) mass is 534 g/mol. The van der Waals surface area contributed by atoms with Crippen molar-refractivity contribution in [2.45, 2.75) is 20.5 Å². The molecule has 4 amide bonds. The molecule has 0 aliphatic carbocycles. The van der Waals surface area contributed by atoms with Gasteiger partial charge in [-0.15, -0.1) is 0 Å². The summed E-state index contributed by atoms with van der Waals surface area (Å²) in [6, 6.07) is 17.5. The minimum Gasteiger partial charge on any atom is -0.493 e. The van der Waals surface area contributed by atoms with Crippen molar-refractivity contribution in [2.24, 2.45) is 0 Å². The third kappa shape index (κ3) is 5.27. The predicted octanol–water partition coefficient (Wildman–Crippen LogP) is 5.32. The summed E-state index contributed by atoms with van der Waals surface area (Å²) in [5.74, 6) is -0.560. The quantitative estimate of drug-likeness (QED) is 0.341. The van der Waals surface area contributed by atoms with Crippen LogP contribution in [0.1, 0.15) is 22.3 Å². The molecule has 0 atom stereocenters. The van der Waals surface area contributed by atoms with Gasteiger partial charge in [0.05, 0.1) is 17.3 Å². The summed E-state index contributed by atoms with van der Waals surface area (Å²) in [4.78, 5) is 39.0. The molecule has 0 spiro atoms. The number of barbiturate groups is 1. The highest BCUT2D eigenvalue weighted by atomic mass is 79.9. The molecule has 0 aromatic heterocycles. The van der Waals surface area contributed by atoms with E-state index in [1.807, 2.05) is 38.1 Å². The van der Waals surface area contributed by atoms with Crippen LogP contribution in [0.2, 0.25) is 0 Å². The fourth-order valence-electron chi connectivity index (χ4n) is 3.56. The lowest BCUT2D eigenvalue weighted by atomic mass is 10.1. The number of carbonyl (C=O) groups is 3. The highest BCUT2D eigenvalue weighted by Crippen LogP contribution is 2.38. The van der Waals surface area contributed by atoms with E-state index in [0.29, 0.717) is 33.8 Å². The Labute approximate surface area is 211 Å². The lowest BCUT2D eigenvalue weighted by Gasteiger charge is -2.26. The van der Waals surface area contributed by atoms with Crippen LogP contribution in [0.4, 0.5) is 10.5 Å². The molecule has 3 aromatic rings. The molecule has 178 valence electrons. The van der Waals surface area contributed by atoms with E-state index in [1.54, 1.807) is 36.4 Å². The number of amides is 4. The van der Waals surface area contributed by atoms with Gasteiger partial charge in [0.15, 0.2) is 11.5 Å². The Bertz CT molecular complexity index is 1330. The first-order valence-corrected chi connectivity index (χ1v) is 11.6. The number of hydrogen-bond acceptors (Lipinski definition) is 5. The molecule has 7 nitrogen and oxygen atoms in total. The Balaban J connectivity index is 1.63. The van der Waals surface area contributed by atoms with E-state index in [4.69, 9.17) is 9.47 Å². The summed E-state index contributed by atoms with van der Waals surface area (Å²) < 4.78 is 12.1. The van der Waals surface area contributed by atoms with Crippen molar-refractivity contribution >= 4 is 45.5 Å². The third-order valence-electron chi connectivity index (χ3n) is 5.46. The van der Waals surface area contributed by atoms with E-state index in [2.05, 4.69) is 21.2 Å². The van der Waals surface area contributed by atoms with E-state index in [9.17, 15) is 14.4 Å². The SMILES string of the molecule is COc1cc(/C=C2\C(=O)NC(=O)N(c3ccc(C)cc3)C2=O)cc(Br)c1OCc1ccc(C)cc1.